The van der Waals surface area contributed by atoms with Crippen LogP contribution >= 0.6 is 23.2 Å². The van der Waals surface area contributed by atoms with Crippen molar-refractivity contribution >= 4 is 23.2 Å². The van der Waals surface area contributed by atoms with Crippen molar-refractivity contribution in [3.8, 4) is 5.75 Å². The maximum atomic E-state index is 13.8. The van der Waals surface area contributed by atoms with Crippen LogP contribution in [0.1, 0.15) is 22.8 Å². The lowest BCUT2D eigenvalue weighted by molar-refractivity contribution is -0.0460. The second-order valence-electron chi connectivity index (χ2n) is 7.09. The summed E-state index contributed by atoms with van der Waals surface area (Å²) in [5.74, 6) is 0.286. The van der Waals surface area contributed by atoms with Crippen LogP contribution in [0.15, 0.2) is 30.3 Å². The number of nitrogens with zero attached hydrogens (tertiary/aromatic N) is 1. The second kappa shape index (κ2) is 9.42. The highest BCUT2D eigenvalue weighted by atomic mass is 35.5. The normalized spacial score (nSPS) is 18.9. The summed E-state index contributed by atoms with van der Waals surface area (Å²) >= 11 is 12.0. The Morgan fingerprint density at radius 2 is 1.96 bits per heavy atom. The van der Waals surface area contributed by atoms with Gasteiger partial charge in [0, 0.05) is 30.2 Å². The fourth-order valence-electron chi connectivity index (χ4n) is 3.40. The minimum absolute atomic E-state index is 0.0134. The molecule has 0 amide bonds. The van der Waals surface area contributed by atoms with Crippen LogP contribution in [0, 0.1) is 19.7 Å². The van der Waals surface area contributed by atoms with E-state index in [1.807, 2.05) is 32.0 Å². The van der Waals surface area contributed by atoms with E-state index < -0.39 is 11.9 Å². The maximum Gasteiger partial charge on any atom is 0.142 e. The largest absolute Gasteiger partial charge is 0.490 e. The molecule has 0 aliphatic carbocycles. The van der Waals surface area contributed by atoms with Crippen LogP contribution in [-0.2, 0) is 4.74 Å². The molecule has 0 radical (unpaired) electrons. The van der Waals surface area contributed by atoms with Crippen LogP contribution < -0.4 is 4.74 Å². The Morgan fingerprint density at radius 3 is 2.68 bits per heavy atom. The van der Waals surface area contributed by atoms with Crippen LogP contribution in [-0.4, -0.2) is 49.0 Å². The summed E-state index contributed by atoms with van der Waals surface area (Å²) in [6.07, 6.45) is -1.03. The Labute approximate surface area is 174 Å². The van der Waals surface area contributed by atoms with Gasteiger partial charge in [-0.25, -0.2) is 4.39 Å². The zero-order valence-electron chi connectivity index (χ0n) is 15.9. The van der Waals surface area contributed by atoms with Gasteiger partial charge in [0.25, 0.3) is 0 Å². The molecule has 1 aliphatic heterocycles. The topological polar surface area (TPSA) is 41.9 Å². The van der Waals surface area contributed by atoms with Gasteiger partial charge in [0.05, 0.1) is 17.7 Å². The Hall–Kier alpha value is -1.37. The average molecular weight is 428 g/mol. The molecular weight excluding hydrogens is 404 g/mol. The number of aryl methyl sites for hydroxylation is 2. The first-order valence-electron chi connectivity index (χ1n) is 9.20. The highest BCUT2D eigenvalue weighted by molar-refractivity contribution is 6.35. The van der Waals surface area contributed by atoms with Gasteiger partial charge in [-0.15, -0.1) is 0 Å². The van der Waals surface area contributed by atoms with E-state index in [0.29, 0.717) is 36.8 Å². The number of hydrogen-bond acceptors (Lipinski definition) is 4. The molecule has 2 aromatic carbocycles. The summed E-state index contributed by atoms with van der Waals surface area (Å²) in [6.45, 7) is 6.23. The lowest BCUT2D eigenvalue weighted by Gasteiger charge is -2.34. The third-order valence-corrected chi connectivity index (χ3v) is 5.45. The van der Waals surface area contributed by atoms with Gasteiger partial charge in [-0.2, -0.15) is 0 Å². The Bertz CT molecular complexity index is 813. The van der Waals surface area contributed by atoms with E-state index in [1.165, 1.54) is 12.1 Å². The number of ether oxygens (including phenoxy) is 2. The van der Waals surface area contributed by atoms with E-state index >= 15 is 0 Å². The molecule has 1 heterocycles. The standard InChI is InChI=1S/C21H24Cl2FNO3/c1-13-4-3-5-14(2)21(13)28-12-15(26)10-25-6-7-27-20(11-25)16-8-19(24)18(23)9-17(16)22/h3-5,8-9,15,20,26H,6-7,10-12H2,1-2H3. The summed E-state index contributed by atoms with van der Waals surface area (Å²) in [4.78, 5) is 2.07. The lowest BCUT2D eigenvalue weighted by atomic mass is 10.1. The average Bonchev–Trinajstić information content (AvgIpc) is 2.64. The highest BCUT2D eigenvalue weighted by Gasteiger charge is 2.26. The minimum atomic E-state index is -0.657. The van der Waals surface area contributed by atoms with Crippen molar-refractivity contribution in [2.45, 2.75) is 26.1 Å². The smallest absolute Gasteiger partial charge is 0.142 e. The number of benzene rings is 2. The van der Waals surface area contributed by atoms with E-state index in [1.54, 1.807) is 0 Å². The number of aliphatic hydroxyl groups is 1. The summed E-state index contributed by atoms with van der Waals surface area (Å²) in [6, 6.07) is 8.65. The first-order valence-corrected chi connectivity index (χ1v) is 9.96. The molecule has 1 N–H and O–H groups in total. The van der Waals surface area contributed by atoms with Crippen LogP contribution in [0.2, 0.25) is 10.0 Å². The van der Waals surface area contributed by atoms with Crippen LogP contribution in [0.5, 0.6) is 5.75 Å². The van der Waals surface area contributed by atoms with Gasteiger partial charge in [0.15, 0.2) is 0 Å². The molecule has 0 saturated carbocycles. The van der Waals surface area contributed by atoms with E-state index in [4.69, 9.17) is 32.7 Å². The fraction of sp³-hybridized carbons (Fsp3) is 0.429. The molecule has 4 nitrogen and oxygen atoms in total. The lowest BCUT2D eigenvalue weighted by Crippen LogP contribution is -2.43. The molecule has 0 spiro atoms. The van der Waals surface area contributed by atoms with Crippen molar-refractivity contribution in [2.24, 2.45) is 0 Å². The Balaban J connectivity index is 1.58. The van der Waals surface area contributed by atoms with Crippen molar-refractivity contribution in [1.29, 1.82) is 0 Å². The number of hydrogen-bond donors (Lipinski definition) is 1. The number of halogens is 3. The van der Waals surface area contributed by atoms with Crippen molar-refractivity contribution in [3.63, 3.8) is 0 Å². The maximum absolute atomic E-state index is 13.8. The van der Waals surface area contributed by atoms with Crippen LogP contribution in [0.3, 0.4) is 0 Å². The van der Waals surface area contributed by atoms with Gasteiger partial charge in [-0.1, -0.05) is 41.4 Å². The summed E-state index contributed by atoms with van der Waals surface area (Å²) in [7, 11) is 0. The fourth-order valence-corrected chi connectivity index (χ4v) is 3.90. The molecule has 7 heteroatoms. The third-order valence-electron chi connectivity index (χ3n) is 4.83. The Morgan fingerprint density at radius 1 is 1.25 bits per heavy atom. The van der Waals surface area contributed by atoms with E-state index in [2.05, 4.69) is 4.90 Å². The van der Waals surface area contributed by atoms with Gasteiger partial charge in [-0.3, -0.25) is 4.90 Å². The molecule has 2 atom stereocenters. The SMILES string of the molecule is Cc1cccc(C)c1OCC(O)CN1CCOC(c2cc(F)c(Cl)cc2Cl)C1. The van der Waals surface area contributed by atoms with Gasteiger partial charge in [0.1, 0.15) is 24.3 Å². The number of para-hydroxylation sites is 1. The third kappa shape index (κ3) is 5.16. The highest BCUT2D eigenvalue weighted by Crippen LogP contribution is 2.32. The van der Waals surface area contributed by atoms with Crippen molar-refractivity contribution < 1.29 is 19.0 Å². The zero-order valence-corrected chi connectivity index (χ0v) is 17.4. The molecular formula is C21H24Cl2FNO3. The first kappa shape index (κ1) is 21.3. The molecule has 1 saturated heterocycles. The molecule has 2 unspecified atom stereocenters. The minimum Gasteiger partial charge on any atom is -0.490 e. The van der Waals surface area contributed by atoms with Crippen molar-refractivity contribution in [1.82, 2.24) is 4.90 Å². The summed E-state index contributed by atoms with van der Waals surface area (Å²) in [5.41, 5.74) is 2.64. The van der Waals surface area contributed by atoms with Gasteiger partial charge < -0.3 is 14.6 Å². The van der Waals surface area contributed by atoms with Gasteiger partial charge in [-0.05, 0) is 37.1 Å². The van der Waals surface area contributed by atoms with Crippen LogP contribution in [0.4, 0.5) is 4.39 Å². The molecule has 1 aliphatic rings. The number of morpholine rings is 1. The van der Waals surface area contributed by atoms with Gasteiger partial charge >= 0.3 is 0 Å². The first-order chi connectivity index (χ1) is 13.3. The molecule has 28 heavy (non-hydrogen) atoms. The van der Waals surface area contributed by atoms with E-state index in [0.717, 1.165) is 16.9 Å². The monoisotopic (exact) mass is 427 g/mol. The summed E-state index contributed by atoms with van der Waals surface area (Å²) in [5, 5.41) is 10.8. The molecule has 1 fully saturated rings. The zero-order chi connectivity index (χ0) is 20.3. The molecule has 152 valence electrons. The number of aliphatic hydroxyl groups excluding tert-OH is 1. The van der Waals surface area contributed by atoms with Crippen molar-refractivity contribution in [2.75, 3.05) is 32.8 Å². The molecule has 0 aromatic heterocycles. The van der Waals surface area contributed by atoms with E-state index in [-0.39, 0.29) is 17.7 Å². The molecule has 3 rings (SSSR count). The quantitative estimate of drug-likeness (QED) is 0.685. The number of rotatable bonds is 6. The molecule has 0 bridgehead atoms. The van der Waals surface area contributed by atoms with Crippen LogP contribution in [0.25, 0.3) is 0 Å². The number of β-amino-alcohol motifs (C(OH)–C–C–N with tert-alkyl or cyclic N) is 1. The predicted molar refractivity (Wildman–Crippen MR) is 109 cm³/mol. The van der Waals surface area contributed by atoms with Crippen molar-refractivity contribution in [3.05, 3.63) is 62.9 Å². The summed E-state index contributed by atoms with van der Waals surface area (Å²) < 4.78 is 25.4. The Kier molecular flexibility index (Phi) is 7.18. The molecule has 2 aromatic rings. The predicted octanol–water partition coefficient (Wildman–Crippen LogP) is 4.56. The van der Waals surface area contributed by atoms with E-state index in [9.17, 15) is 9.50 Å². The second-order valence-corrected chi connectivity index (χ2v) is 7.91. The van der Waals surface area contributed by atoms with Gasteiger partial charge in [0.2, 0.25) is 0 Å².